The minimum Gasteiger partial charge on any atom is -0.481 e. The van der Waals surface area contributed by atoms with Crippen LogP contribution in [0.2, 0.25) is 0 Å². The first-order valence-corrected chi connectivity index (χ1v) is 7.10. The molecule has 0 aliphatic carbocycles. The predicted molar refractivity (Wildman–Crippen MR) is 88.4 cm³/mol. The molecule has 4 heteroatoms. The molecule has 0 radical (unpaired) electrons. The van der Waals surface area contributed by atoms with Crippen LogP contribution in [0.15, 0.2) is 48.5 Å². The van der Waals surface area contributed by atoms with E-state index in [9.17, 15) is 4.79 Å². The van der Waals surface area contributed by atoms with Gasteiger partial charge >= 0.3 is 5.97 Å². The van der Waals surface area contributed by atoms with Crippen molar-refractivity contribution in [2.24, 2.45) is 0 Å². The summed E-state index contributed by atoms with van der Waals surface area (Å²) in [6, 6.07) is 15.1. The second-order valence-electron chi connectivity index (χ2n) is 4.63. The molecule has 2 aromatic rings. The molecule has 2 aromatic carbocycles. The minimum atomic E-state index is -0.375. The van der Waals surface area contributed by atoms with Gasteiger partial charge in [-0.15, -0.1) is 0 Å². The second kappa shape index (κ2) is 7.88. The number of esters is 1. The molecular formula is C18H19NO3. The van der Waals surface area contributed by atoms with E-state index in [4.69, 9.17) is 15.2 Å². The highest BCUT2D eigenvalue weighted by atomic mass is 16.6. The summed E-state index contributed by atoms with van der Waals surface area (Å²) in [4.78, 5) is 11.4. The number of carbonyl (C=O) groups excluding carboxylic acids is 1. The average Bonchev–Trinajstić information content (AvgIpc) is 2.53. The SMILES string of the molecule is CCOC(=O)COc1ccccc1/C=C/c1ccc(N)cc1. The lowest BCUT2D eigenvalue weighted by Gasteiger charge is -2.08. The molecule has 0 amide bonds. The molecule has 0 heterocycles. The van der Waals surface area contributed by atoms with Crippen molar-refractivity contribution in [2.45, 2.75) is 6.92 Å². The number of para-hydroxylation sites is 1. The van der Waals surface area contributed by atoms with E-state index in [0.29, 0.717) is 12.4 Å². The molecule has 0 saturated heterocycles. The van der Waals surface area contributed by atoms with Crippen LogP contribution in [0.1, 0.15) is 18.1 Å². The first-order chi connectivity index (χ1) is 10.7. The van der Waals surface area contributed by atoms with E-state index in [1.54, 1.807) is 6.92 Å². The van der Waals surface area contributed by atoms with Gasteiger partial charge in [-0.1, -0.05) is 42.5 Å². The van der Waals surface area contributed by atoms with Crippen LogP contribution in [-0.2, 0) is 9.53 Å². The molecule has 0 fully saturated rings. The van der Waals surface area contributed by atoms with E-state index in [1.165, 1.54) is 0 Å². The Hall–Kier alpha value is -2.75. The first-order valence-electron chi connectivity index (χ1n) is 7.10. The van der Waals surface area contributed by atoms with Crippen LogP contribution in [0.3, 0.4) is 0 Å². The first kappa shape index (κ1) is 15.6. The summed E-state index contributed by atoms with van der Waals surface area (Å²) >= 11 is 0. The number of benzene rings is 2. The summed E-state index contributed by atoms with van der Waals surface area (Å²) in [5.74, 6) is 0.266. The van der Waals surface area contributed by atoms with Crippen LogP contribution in [0, 0.1) is 0 Å². The van der Waals surface area contributed by atoms with Crippen LogP contribution in [-0.4, -0.2) is 19.2 Å². The molecule has 0 atom stereocenters. The zero-order valence-electron chi connectivity index (χ0n) is 12.5. The third-order valence-corrected chi connectivity index (χ3v) is 2.96. The van der Waals surface area contributed by atoms with Crippen LogP contribution in [0.4, 0.5) is 5.69 Å². The largest absolute Gasteiger partial charge is 0.481 e. The summed E-state index contributed by atoms with van der Waals surface area (Å²) in [6.45, 7) is 2.02. The maximum atomic E-state index is 11.4. The Labute approximate surface area is 130 Å². The van der Waals surface area contributed by atoms with Crippen molar-refractivity contribution in [3.63, 3.8) is 0 Å². The van der Waals surface area contributed by atoms with E-state index < -0.39 is 0 Å². The van der Waals surface area contributed by atoms with Crippen molar-refractivity contribution < 1.29 is 14.3 Å². The molecule has 0 saturated carbocycles. The Kier molecular flexibility index (Phi) is 5.60. The molecule has 0 bridgehead atoms. The van der Waals surface area contributed by atoms with Gasteiger partial charge in [-0.25, -0.2) is 4.79 Å². The summed E-state index contributed by atoms with van der Waals surface area (Å²) in [7, 11) is 0. The monoisotopic (exact) mass is 297 g/mol. The highest BCUT2D eigenvalue weighted by Gasteiger charge is 2.05. The Morgan fingerprint density at radius 1 is 1.09 bits per heavy atom. The number of nitrogens with two attached hydrogens (primary N) is 1. The fraction of sp³-hybridized carbons (Fsp3) is 0.167. The van der Waals surface area contributed by atoms with Crippen molar-refractivity contribution in [2.75, 3.05) is 18.9 Å². The van der Waals surface area contributed by atoms with Gasteiger partial charge in [-0.05, 0) is 30.7 Å². The van der Waals surface area contributed by atoms with Crippen molar-refractivity contribution >= 4 is 23.8 Å². The van der Waals surface area contributed by atoms with Gasteiger partial charge in [0.25, 0.3) is 0 Å². The van der Waals surface area contributed by atoms with Crippen LogP contribution < -0.4 is 10.5 Å². The number of ether oxygens (including phenoxy) is 2. The molecule has 114 valence electrons. The third-order valence-electron chi connectivity index (χ3n) is 2.96. The quantitative estimate of drug-likeness (QED) is 0.504. The van der Waals surface area contributed by atoms with Gasteiger partial charge in [0.15, 0.2) is 6.61 Å². The van der Waals surface area contributed by atoms with Crippen molar-refractivity contribution in [1.29, 1.82) is 0 Å². The summed E-state index contributed by atoms with van der Waals surface area (Å²) in [5.41, 5.74) is 8.32. The van der Waals surface area contributed by atoms with Gasteiger partial charge in [-0.2, -0.15) is 0 Å². The lowest BCUT2D eigenvalue weighted by molar-refractivity contribution is -0.145. The number of hydrogen-bond donors (Lipinski definition) is 1. The fourth-order valence-corrected chi connectivity index (χ4v) is 1.88. The number of nitrogen functional groups attached to an aromatic ring is 1. The minimum absolute atomic E-state index is 0.0967. The maximum absolute atomic E-state index is 11.4. The van der Waals surface area contributed by atoms with Gasteiger partial charge in [0.1, 0.15) is 5.75 Å². The summed E-state index contributed by atoms with van der Waals surface area (Å²) in [5, 5.41) is 0. The van der Waals surface area contributed by atoms with Crippen LogP contribution >= 0.6 is 0 Å². The lowest BCUT2D eigenvalue weighted by Crippen LogP contribution is -2.14. The topological polar surface area (TPSA) is 61.5 Å². The Balaban J connectivity index is 2.07. The molecule has 2 N–H and O–H groups in total. The van der Waals surface area contributed by atoms with Gasteiger partial charge in [0.2, 0.25) is 0 Å². The standard InChI is InChI=1S/C18H19NO3/c1-2-21-18(20)13-22-17-6-4-3-5-15(17)10-7-14-8-11-16(19)12-9-14/h3-12H,2,13,19H2,1H3/b10-7+. The second-order valence-corrected chi connectivity index (χ2v) is 4.63. The maximum Gasteiger partial charge on any atom is 0.344 e. The Morgan fingerprint density at radius 3 is 2.55 bits per heavy atom. The van der Waals surface area contributed by atoms with Crippen molar-refractivity contribution in [3.8, 4) is 5.75 Å². The number of carbonyl (C=O) groups is 1. The molecule has 0 unspecified atom stereocenters. The number of anilines is 1. The van der Waals surface area contributed by atoms with E-state index >= 15 is 0 Å². The molecule has 4 nitrogen and oxygen atoms in total. The van der Waals surface area contributed by atoms with Gasteiger partial charge in [0, 0.05) is 11.3 Å². The Bertz CT molecular complexity index is 648. The summed E-state index contributed by atoms with van der Waals surface area (Å²) < 4.78 is 10.4. The number of rotatable bonds is 6. The Morgan fingerprint density at radius 2 is 1.82 bits per heavy atom. The molecule has 0 spiro atoms. The van der Waals surface area contributed by atoms with E-state index in [2.05, 4.69) is 0 Å². The molecule has 0 aromatic heterocycles. The molecular weight excluding hydrogens is 278 g/mol. The van der Waals surface area contributed by atoms with E-state index in [-0.39, 0.29) is 12.6 Å². The third kappa shape index (κ3) is 4.66. The molecule has 22 heavy (non-hydrogen) atoms. The van der Waals surface area contributed by atoms with Crippen molar-refractivity contribution in [1.82, 2.24) is 0 Å². The average molecular weight is 297 g/mol. The zero-order chi connectivity index (χ0) is 15.8. The van der Waals surface area contributed by atoms with Crippen LogP contribution in [0.5, 0.6) is 5.75 Å². The van der Waals surface area contributed by atoms with Gasteiger partial charge in [-0.3, -0.25) is 0 Å². The van der Waals surface area contributed by atoms with Gasteiger partial charge < -0.3 is 15.2 Å². The zero-order valence-corrected chi connectivity index (χ0v) is 12.5. The normalized spacial score (nSPS) is 10.6. The van der Waals surface area contributed by atoms with Crippen LogP contribution in [0.25, 0.3) is 12.2 Å². The molecule has 0 aliphatic rings. The van der Waals surface area contributed by atoms with Crippen molar-refractivity contribution in [3.05, 3.63) is 59.7 Å². The van der Waals surface area contributed by atoms with E-state index in [1.807, 2.05) is 60.7 Å². The highest BCUT2D eigenvalue weighted by Crippen LogP contribution is 2.21. The number of hydrogen-bond acceptors (Lipinski definition) is 4. The fourth-order valence-electron chi connectivity index (χ4n) is 1.88. The smallest absolute Gasteiger partial charge is 0.344 e. The highest BCUT2D eigenvalue weighted by molar-refractivity contribution is 5.74. The van der Waals surface area contributed by atoms with Gasteiger partial charge in [0.05, 0.1) is 6.61 Å². The van der Waals surface area contributed by atoms with E-state index in [0.717, 1.165) is 16.8 Å². The predicted octanol–water partition coefficient (Wildman–Crippen LogP) is 3.38. The summed E-state index contributed by atoms with van der Waals surface area (Å²) in [6.07, 6.45) is 3.90. The lowest BCUT2D eigenvalue weighted by atomic mass is 10.1. The molecule has 0 aliphatic heterocycles. The molecule has 2 rings (SSSR count).